The Kier molecular flexibility index (Phi) is 3.92. The van der Waals surface area contributed by atoms with Crippen LogP contribution in [0.15, 0.2) is 30.3 Å². The Labute approximate surface area is 115 Å². The molecule has 0 saturated carbocycles. The highest BCUT2D eigenvalue weighted by Crippen LogP contribution is 2.39. The van der Waals surface area contributed by atoms with Crippen LogP contribution in [0.25, 0.3) is 16.8 Å². The van der Waals surface area contributed by atoms with Gasteiger partial charge in [-0.05, 0) is 13.3 Å². The minimum atomic E-state index is 0.228. The fraction of sp³-hybridized carbons (Fsp3) is 0.200. The molecule has 0 unspecified atom stereocenters. The van der Waals surface area contributed by atoms with E-state index in [1.807, 2.05) is 43.3 Å². The van der Waals surface area contributed by atoms with Gasteiger partial charge in [0.2, 0.25) is 0 Å². The summed E-state index contributed by atoms with van der Waals surface area (Å²) in [7, 11) is 0. The molecule has 0 radical (unpaired) electrons. The lowest BCUT2D eigenvalue weighted by Gasteiger charge is -2.11. The van der Waals surface area contributed by atoms with Crippen molar-refractivity contribution in [3.63, 3.8) is 0 Å². The zero-order chi connectivity index (χ0) is 13.1. The van der Waals surface area contributed by atoms with E-state index in [1.54, 1.807) is 0 Å². The minimum Gasteiger partial charge on any atom is -0.507 e. The average Bonchev–Trinajstić information content (AvgIpc) is 2.40. The number of benzene rings is 2. The van der Waals surface area contributed by atoms with Gasteiger partial charge in [0, 0.05) is 27.2 Å². The third-order valence-electron chi connectivity index (χ3n) is 3.01. The Bertz CT molecular complexity index is 603. The van der Waals surface area contributed by atoms with E-state index in [1.165, 1.54) is 0 Å². The molecule has 0 aliphatic carbocycles. The van der Waals surface area contributed by atoms with E-state index in [0.717, 1.165) is 11.8 Å². The maximum atomic E-state index is 10.3. The van der Waals surface area contributed by atoms with E-state index in [4.69, 9.17) is 0 Å². The van der Waals surface area contributed by atoms with Crippen LogP contribution < -0.4 is 0 Å². The number of allylic oxidation sites excluding steroid dienone is 1. The van der Waals surface area contributed by atoms with Crippen LogP contribution in [0, 0.1) is 6.92 Å². The van der Waals surface area contributed by atoms with E-state index in [9.17, 15) is 10.2 Å². The molecule has 0 aliphatic heterocycles. The van der Waals surface area contributed by atoms with E-state index in [-0.39, 0.29) is 11.5 Å². The van der Waals surface area contributed by atoms with Crippen LogP contribution in [0.3, 0.4) is 0 Å². The van der Waals surface area contributed by atoms with Gasteiger partial charge in [-0.3, -0.25) is 0 Å². The number of aromatic hydroxyl groups is 2. The highest BCUT2D eigenvalue weighted by molar-refractivity contribution is 9.09. The molecule has 3 heteroatoms. The van der Waals surface area contributed by atoms with Crippen molar-refractivity contribution in [3.05, 3.63) is 41.5 Å². The Balaban J connectivity index is 2.67. The molecular weight excluding hydrogens is 292 g/mol. The summed E-state index contributed by atoms with van der Waals surface area (Å²) in [5.41, 5.74) is 1.39. The van der Waals surface area contributed by atoms with Crippen molar-refractivity contribution in [1.29, 1.82) is 0 Å². The van der Waals surface area contributed by atoms with E-state index in [0.29, 0.717) is 21.9 Å². The second-order valence-electron chi connectivity index (χ2n) is 4.16. The molecule has 2 aromatic carbocycles. The van der Waals surface area contributed by atoms with Crippen LogP contribution in [0.5, 0.6) is 11.5 Å². The van der Waals surface area contributed by atoms with Gasteiger partial charge in [-0.2, -0.15) is 0 Å². The largest absolute Gasteiger partial charge is 0.507 e. The lowest BCUT2D eigenvalue weighted by atomic mass is 9.98. The molecule has 0 bridgehead atoms. The maximum Gasteiger partial charge on any atom is 0.131 e. The molecule has 0 spiro atoms. The topological polar surface area (TPSA) is 40.5 Å². The number of hydrogen-bond acceptors (Lipinski definition) is 2. The van der Waals surface area contributed by atoms with Crippen LogP contribution in [0.1, 0.15) is 17.5 Å². The summed E-state index contributed by atoms with van der Waals surface area (Å²) in [5.74, 6) is 0.466. The number of rotatable bonds is 3. The van der Waals surface area contributed by atoms with Crippen molar-refractivity contribution < 1.29 is 10.2 Å². The molecule has 0 aromatic heterocycles. The van der Waals surface area contributed by atoms with Gasteiger partial charge < -0.3 is 10.2 Å². The lowest BCUT2D eigenvalue weighted by Crippen LogP contribution is -1.87. The molecule has 0 amide bonds. The number of halogens is 1. The van der Waals surface area contributed by atoms with Crippen molar-refractivity contribution in [1.82, 2.24) is 0 Å². The van der Waals surface area contributed by atoms with Gasteiger partial charge in [0.15, 0.2) is 0 Å². The van der Waals surface area contributed by atoms with Gasteiger partial charge in [-0.25, -0.2) is 0 Å². The first-order chi connectivity index (χ1) is 8.66. The second-order valence-corrected chi connectivity index (χ2v) is 4.95. The smallest absolute Gasteiger partial charge is 0.131 e. The van der Waals surface area contributed by atoms with E-state index < -0.39 is 0 Å². The third kappa shape index (κ3) is 2.23. The molecule has 0 saturated heterocycles. The molecule has 2 nitrogen and oxygen atoms in total. The molecule has 2 aromatic rings. The quantitative estimate of drug-likeness (QED) is 0.653. The monoisotopic (exact) mass is 306 g/mol. The van der Waals surface area contributed by atoms with Crippen LogP contribution in [0.2, 0.25) is 0 Å². The van der Waals surface area contributed by atoms with Crippen molar-refractivity contribution in [3.8, 4) is 11.5 Å². The summed E-state index contributed by atoms with van der Waals surface area (Å²) in [5, 5.41) is 22.7. The summed E-state index contributed by atoms with van der Waals surface area (Å²) >= 11 is 3.35. The Morgan fingerprint density at radius 3 is 2.33 bits per heavy atom. The molecule has 2 N–H and O–H groups in total. The first-order valence-corrected chi connectivity index (χ1v) is 6.94. The molecule has 0 aliphatic rings. The van der Waals surface area contributed by atoms with Gasteiger partial charge in [0.25, 0.3) is 0 Å². The molecule has 0 atom stereocenters. The van der Waals surface area contributed by atoms with Crippen LogP contribution in [-0.4, -0.2) is 15.5 Å². The summed E-state index contributed by atoms with van der Waals surface area (Å²) in [6.07, 6.45) is 4.72. The molecular formula is C15H15BrO2. The fourth-order valence-corrected chi connectivity index (χ4v) is 2.28. The number of hydrogen-bond donors (Lipinski definition) is 2. The van der Waals surface area contributed by atoms with Crippen molar-refractivity contribution in [2.75, 3.05) is 5.33 Å². The summed E-state index contributed by atoms with van der Waals surface area (Å²) in [6.45, 7) is 1.81. The number of fused-ring (bicyclic) bond motifs is 1. The predicted molar refractivity (Wildman–Crippen MR) is 79.5 cm³/mol. The molecule has 0 fully saturated rings. The Hall–Kier alpha value is -1.48. The normalized spacial score (nSPS) is 11.4. The summed E-state index contributed by atoms with van der Waals surface area (Å²) < 4.78 is 0. The predicted octanol–water partition coefficient (Wildman–Crippen LogP) is 4.36. The van der Waals surface area contributed by atoms with E-state index >= 15 is 0 Å². The van der Waals surface area contributed by atoms with Crippen LogP contribution in [-0.2, 0) is 0 Å². The molecule has 18 heavy (non-hydrogen) atoms. The van der Waals surface area contributed by atoms with Gasteiger partial charge >= 0.3 is 0 Å². The second kappa shape index (κ2) is 5.44. The Morgan fingerprint density at radius 1 is 1.11 bits per heavy atom. The zero-order valence-corrected chi connectivity index (χ0v) is 11.7. The number of alkyl halides is 1. The summed E-state index contributed by atoms with van der Waals surface area (Å²) in [6, 6.07) is 7.32. The highest BCUT2D eigenvalue weighted by atomic mass is 79.9. The first kappa shape index (κ1) is 13.0. The lowest BCUT2D eigenvalue weighted by molar-refractivity contribution is 0.465. The molecule has 0 heterocycles. The number of phenolic OH excluding ortho intramolecular Hbond substituents is 2. The fourth-order valence-electron chi connectivity index (χ4n) is 2.02. The average molecular weight is 307 g/mol. The number of phenols is 2. The van der Waals surface area contributed by atoms with Gasteiger partial charge in [-0.1, -0.05) is 52.3 Å². The van der Waals surface area contributed by atoms with E-state index in [2.05, 4.69) is 15.9 Å². The minimum absolute atomic E-state index is 0.228. The van der Waals surface area contributed by atoms with Crippen molar-refractivity contribution in [2.45, 2.75) is 13.3 Å². The molecule has 2 rings (SSSR count). The zero-order valence-electron chi connectivity index (χ0n) is 10.2. The van der Waals surface area contributed by atoms with Crippen LogP contribution in [0.4, 0.5) is 0 Å². The standard InChI is InChI=1S/C15H15BrO2/c1-10-11(6-4-5-9-16)15(18)13-8-3-2-7-12(13)14(10)17/h2-4,6-8,17-18H,5,9H2,1H3. The Morgan fingerprint density at radius 2 is 1.72 bits per heavy atom. The molecule has 94 valence electrons. The highest BCUT2D eigenvalue weighted by Gasteiger charge is 2.13. The summed E-state index contributed by atoms with van der Waals surface area (Å²) in [4.78, 5) is 0. The maximum absolute atomic E-state index is 10.3. The SMILES string of the molecule is Cc1c(C=CCCBr)c(O)c2ccccc2c1O. The van der Waals surface area contributed by atoms with Gasteiger partial charge in [-0.15, -0.1) is 0 Å². The van der Waals surface area contributed by atoms with Crippen molar-refractivity contribution in [2.24, 2.45) is 0 Å². The third-order valence-corrected chi connectivity index (χ3v) is 3.47. The van der Waals surface area contributed by atoms with Gasteiger partial charge in [0.1, 0.15) is 11.5 Å². The van der Waals surface area contributed by atoms with Gasteiger partial charge in [0.05, 0.1) is 0 Å². The first-order valence-electron chi connectivity index (χ1n) is 5.82. The van der Waals surface area contributed by atoms with Crippen LogP contribution >= 0.6 is 15.9 Å². The van der Waals surface area contributed by atoms with Crippen molar-refractivity contribution >= 4 is 32.8 Å².